The van der Waals surface area contributed by atoms with E-state index in [0.29, 0.717) is 0 Å². The second-order valence-electron chi connectivity index (χ2n) is 4.95. The molecule has 1 heterocycles. The van der Waals surface area contributed by atoms with Crippen LogP contribution in [0.15, 0.2) is 85.1 Å². The lowest BCUT2D eigenvalue weighted by Crippen LogP contribution is -2.12. The summed E-state index contributed by atoms with van der Waals surface area (Å²) in [4.78, 5) is 2.22. The predicted molar refractivity (Wildman–Crippen MR) is 87.0 cm³/mol. The van der Waals surface area contributed by atoms with E-state index in [4.69, 9.17) is 0 Å². The van der Waals surface area contributed by atoms with Gasteiger partial charge in [-0.15, -0.1) is 0 Å². The first-order chi connectivity index (χ1) is 9.75. The third-order valence-corrected chi connectivity index (χ3v) is 3.42. The summed E-state index contributed by atoms with van der Waals surface area (Å²) >= 11 is 0. The number of anilines is 2. The predicted octanol–water partition coefficient (Wildman–Crippen LogP) is 5.31. The lowest BCUT2D eigenvalue weighted by molar-refractivity contribution is 1.24. The Bertz CT molecular complexity index is 693. The van der Waals surface area contributed by atoms with E-state index in [9.17, 15) is 0 Å². The minimum Gasteiger partial charge on any atom is -0.316 e. The topological polar surface area (TPSA) is 3.24 Å². The molecule has 0 saturated carbocycles. The van der Waals surface area contributed by atoms with Crippen molar-refractivity contribution in [1.82, 2.24) is 0 Å². The van der Waals surface area contributed by atoms with Crippen molar-refractivity contribution in [2.24, 2.45) is 0 Å². The third-order valence-electron chi connectivity index (χ3n) is 3.42. The Kier molecular flexibility index (Phi) is 3.26. The Morgan fingerprint density at radius 1 is 0.850 bits per heavy atom. The SMILES string of the molecule is C=C1/C=C\C(C)=C/N(c2ccccc2)c2ccccc21. The van der Waals surface area contributed by atoms with Gasteiger partial charge in [0.05, 0.1) is 5.69 Å². The highest BCUT2D eigenvalue weighted by Gasteiger charge is 2.13. The fourth-order valence-corrected chi connectivity index (χ4v) is 2.40. The number of hydrogen-bond donors (Lipinski definition) is 0. The third kappa shape index (κ3) is 2.30. The molecule has 1 heteroatoms. The summed E-state index contributed by atoms with van der Waals surface area (Å²) in [6.07, 6.45) is 6.35. The van der Waals surface area contributed by atoms with Gasteiger partial charge in [-0.1, -0.05) is 55.1 Å². The number of hydrogen-bond acceptors (Lipinski definition) is 1. The molecule has 0 amide bonds. The van der Waals surface area contributed by atoms with Crippen LogP contribution in [-0.4, -0.2) is 0 Å². The minimum absolute atomic E-state index is 1.04. The van der Waals surface area contributed by atoms with Crippen LogP contribution in [0.1, 0.15) is 12.5 Å². The molecule has 0 spiro atoms. The van der Waals surface area contributed by atoms with Crippen LogP contribution < -0.4 is 4.90 Å². The standard InChI is InChI=1S/C19H17N/c1-15-12-13-16(2)18-10-6-7-11-19(18)20(14-15)17-8-4-3-5-9-17/h3-14H,2H2,1H3/b13-12-,15-14-. The van der Waals surface area contributed by atoms with Crippen molar-refractivity contribution in [3.8, 4) is 0 Å². The van der Waals surface area contributed by atoms with Gasteiger partial charge in [-0.3, -0.25) is 0 Å². The van der Waals surface area contributed by atoms with Gasteiger partial charge in [-0.2, -0.15) is 0 Å². The largest absolute Gasteiger partial charge is 0.316 e. The van der Waals surface area contributed by atoms with Crippen molar-refractivity contribution in [1.29, 1.82) is 0 Å². The molecule has 0 fully saturated rings. The van der Waals surface area contributed by atoms with E-state index in [1.165, 1.54) is 5.57 Å². The highest BCUT2D eigenvalue weighted by atomic mass is 15.1. The molecule has 0 atom stereocenters. The van der Waals surface area contributed by atoms with Gasteiger partial charge in [0, 0.05) is 17.5 Å². The number of allylic oxidation sites excluding steroid dienone is 4. The summed E-state index contributed by atoms with van der Waals surface area (Å²) in [6.45, 7) is 6.28. The Morgan fingerprint density at radius 2 is 1.55 bits per heavy atom. The monoisotopic (exact) mass is 259 g/mol. The average molecular weight is 259 g/mol. The Balaban J connectivity index is 2.23. The lowest BCUT2D eigenvalue weighted by Gasteiger charge is -2.26. The number of rotatable bonds is 1. The molecule has 0 unspecified atom stereocenters. The van der Waals surface area contributed by atoms with Crippen LogP contribution in [-0.2, 0) is 0 Å². The Hall–Kier alpha value is -2.54. The highest BCUT2D eigenvalue weighted by Crippen LogP contribution is 2.34. The van der Waals surface area contributed by atoms with Crippen LogP contribution in [0, 0.1) is 0 Å². The summed E-state index contributed by atoms with van der Waals surface area (Å²) in [6, 6.07) is 18.8. The zero-order valence-electron chi connectivity index (χ0n) is 11.6. The van der Waals surface area contributed by atoms with E-state index in [1.807, 2.05) is 6.07 Å². The van der Waals surface area contributed by atoms with Crippen LogP contribution >= 0.6 is 0 Å². The van der Waals surface area contributed by atoms with Gasteiger partial charge < -0.3 is 4.90 Å². The maximum atomic E-state index is 4.18. The second-order valence-corrected chi connectivity index (χ2v) is 4.95. The van der Waals surface area contributed by atoms with Crippen LogP contribution in [0.25, 0.3) is 5.57 Å². The van der Waals surface area contributed by atoms with Crippen LogP contribution in [0.5, 0.6) is 0 Å². The van der Waals surface area contributed by atoms with E-state index in [0.717, 1.165) is 22.5 Å². The minimum atomic E-state index is 1.04. The summed E-state index contributed by atoms with van der Waals surface area (Å²) < 4.78 is 0. The molecule has 20 heavy (non-hydrogen) atoms. The number of nitrogens with zero attached hydrogens (tertiary/aromatic N) is 1. The second kappa shape index (κ2) is 5.22. The molecule has 1 aliphatic rings. The average Bonchev–Trinajstić information content (AvgIpc) is 2.50. The van der Waals surface area contributed by atoms with Crippen molar-refractivity contribution in [2.75, 3.05) is 4.90 Å². The number of benzene rings is 2. The van der Waals surface area contributed by atoms with Crippen LogP contribution in [0.4, 0.5) is 11.4 Å². The molecule has 1 aliphatic heterocycles. The van der Waals surface area contributed by atoms with E-state index in [2.05, 4.69) is 85.3 Å². The molecule has 3 rings (SSSR count). The van der Waals surface area contributed by atoms with Crippen LogP contribution in [0.2, 0.25) is 0 Å². The molecule has 2 aromatic rings. The quantitative estimate of drug-likeness (QED) is 0.670. The van der Waals surface area contributed by atoms with Gasteiger partial charge in [0.1, 0.15) is 0 Å². The molecule has 98 valence electrons. The summed E-state index contributed by atoms with van der Waals surface area (Å²) in [5.41, 5.74) is 5.71. The number of para-hydroxylation sites is 2. The Labute approximate surface area is 120 Å². The summed E-state index contributed by atoms with van der Waals surface area (Å²) in [5.74, 6) is 0. The molecular formula is C19H17N. The van der Waals surface area contributed by atoms with E-state index in [-0.39, 0.29) is 0 Å². The van der Waals surface area contributed by atoms with Gasteiger partial charge >= 0.3 is 0 Å². The molecule has 1 nitrogen and oxygen atoms in total. The zero-order chi connectivity index (χ0) is 13.9. The fraction of sp³-hybridized carbons (Fsp3) is 0.0526. The smallest absolute Gasteiger partial charge is 0.0533 e. The molecule has 0 bridgehead atoms. The molecule has 0 radical (unpaired) electrons. The van der Waals surface area contributed by atoms with E-state index in [1.54, 1.807) is 0 Å². The van der Waals surface area contributed by atoms with Crippen molar-refractivity contribution in [3.63, 3.8) is 0 Å². The normalized spacial score (nSPS) is 18.6. The van der Waals surface area contributed by atoms with Gasteiger partial charge in [-0.25, -0.2) is 0 Å². The van der Waals surface area contributed by atoms with Gasteiger partial charge in [0.2, 0.25) is 0 Å². The first-order valence-electron chi connectivity index (χ1n) is 6.75. The number of fused-ring (bicyclic) bond motifs is 1. The first-order valence-corrected chi connectivity index (χ1v) is 6.75. The Morgan fingerprint density at radius 3 is 2.35 bits per heavy atom. The van der Waals surface area contributed by atoms with Crippen molar-refractivity contribution in [2.45, 2.75) is 6.92 Å². The summed E-state index contributed by atoms with van der Waals surface area (Å²) in [7, 11) is 0. The molecular weight excluding hydrogens is 242 g/mol. The molecule has 0 aromatic heterocycles. The molecule has 0 saturated heterocycles. The van der Waals surface area contributed by atoms with Gasteiger partial charge in [0.15, 0.2) is 0 Å². The molecule has 0 aliphatic carbocycles. The first kappa shape index (κ1) is 12.5. The van der Waals surface area contributed by atoms with Crippen LogP contribution in [0.3, 0.4) is 0 Å². The zero-order valence-corrected chi connectivity index (χ0v) is 11.6. The molecule has 0 N–H and O–H groups in total. The van der Waals surface area contributed by atoms with Gasteiger partial charge in [-0.05, 0) is 36.3 Å². The lowest BCUT2D eigenvalue weighted by atomic mass is 10.0. The van der Waals surface area contributed by atoms with E-state index >= 15 is 0 Å². The molecule has 2 aromatic carbocycles. The van der Waals surface area contributed by atoms with Gasteiger partial charge in [0.25, 0.3) is 0 Å². The highest BCUT2D eigenvalue weighted by molar-refractivity contribution is 5.85. The maximum absolute atomic E-state index is 4.18. The fourth-order valence-electron chi connectivity index (χ4n) is 2.40. The summed E-state index contributed by atoms with van der Waals surface area (Å²) in [5, 5.41) is 0. The van der Waals surface area contributed by atoms with Crippen molar-refractivity contribution in [3.05, 3.63) is 90.7 Å². The van der Waals surface area contributed by atoms with Crippen molar-refractivity contribution < 1.29 is 0 Å². The van der Waals surface area contributed by atoms with Crippen molar-refractivity contribution >= 4 is 16.9 Å². The maximum Gasteiger partial charge on any atom is 0.0533 e. The van der Waals surface area contributed by atoms with E-state index < -0.39 is 0 Å².